The lowest BCUT2D eigenvalue weighted by Crippen LogP contribution is -2.16. The minimum Gasteiger partial charge on any atom is -0.366 e. The summed E-state index contributed by atoms with van der Waals surface area (Å²) in [6.45, 7) is 2.22. The Morgan fingerprint density at radius 3 is 2.00 bits per heavy atom. The number of carbonyl (C=O) groups excluding carboxylic acids is 2. The third kappa shape index (κ3) is 6.29. The van der Waals surface area contributed by atoms with Gasteiger partial charge in [-0.1, -0.05) is 51.9 Å². The molecule has 22 heavy (non-hydrogen) atoms. The summed E-state index contributed by atoms with van der Waals surface area (Å²) < 4.78 is 0. The number of benzene rings is 1. The lowest BCUT2D eigenvalue weighted by molar-refractivity contribution is 0.0987. The van der Waals surface area contributed by atoms with Crippen LogP contribution in [0.25, 0.3) is 0 Å². The van der Waals surface area contributed by atoms with Gasteiger partial charge < -0.3 is 11.5 Å². The minimum atomic E-state index is -0.479. The highest BCUT2D eigenvalue weighted by Gasteiger charge is 2.11. The molecule has 2 amide bonds. The molecule has 1 aromatic rings. The molecule has 4 heteroatoms. The number of aryl methyl sites for hydroxylation is 1. The summed E-state index contributed by atoms with van der Waals surface area (Å²) in [6, 6.07) is 4.85. The number of hydrogen-bond donors (Lipinski definition) is 2. The molecule has 0 aliphatic rings. The second-order valence-corrected chi connectivity index (χ2v) is 5.83. The summed E-state index contributed by atoms with van der Waals surface area (Å²) in [6.07, 6.45) is 10.6. The Morgan fingerprint density at radius 2 is 1.45 bits per heavy atom. The Bertz CT molecular complexity index is 498. The van der Waals surface area contributed by atoms with E-state index in [9.17, 15) is 9.59 Å². The summed E-state index contributed by atoms with van der Waals surface area (Å²) in [5, 5.41) is 0. The van der Waals surface area contributed by atoms with Gasteiger partial charge in [-0.05, 0) is 36.6 Å². The summed E-state index contributed by atoms with van der Waals surface area (Å²) in [5.74, 6) is -0.932. The quantitative estimate of drug-likeness (QED) is 0.612. The number of rotatable bonds is 11. The molecule has 0 aliphatic carbocycles. The van der Waals surface area contributed by atoms with E-state index in [1.54, 1.807) is 18.2 Å². The zero-order valence-electron chi connectivity index (χ0n) is 13.6. The Balaban J connectivity index is 2.45. The normalized spacial score (nSPS) is 10.6. The fraction of sp³-hybridized carbons (Fsp3) is 0.556. The highest BCUT2D eigenvalue weighted by molar-refractivity contribution is 5.97. The number of unbranched alkanes of at least 4 members (excludes halogenated alkanes) is 7. The monoisotopic (exact) mass is 304 g/mol. The van der Waals surface area contributed by atoms with Gasteiger partial charge in [0.25, 0.3) is 0 Å². The van der Waals surface area contributed by atoms with Crippen molar-refractivity contribution in [2.24, 2.45) is 11.5 Å². The van der Waals surface area contributed by atoms with Crippen molar-refractivity contribution in [2.45, 2.75) is 64.7 Å². The largest absolute Gasteiger partial charge is 0.366 e. The Morgan fingerprint density at radius 1 is 0.864 bits per heavy atom. The highest BCUT2D eigenvalue weighted by Crippen LogP contribution is 2.16. The van der Waals surface area contributed by atoms with Crippen LogP contribution in [0, 0.1) is 0 Å². The maximum Gasteiger partial charge on any atom is 0.248 e. The van der Waals surface area contributed by atoms with E-state index in [0.717, 1.165) is 24.8 Å². The van der Waals surface area contributed by atoms with Crippen LogP contribution in [0.4, 0.5) is 0 Å². The molecule has 0 atom stereocenters. The predicted octanol–water partition coefficient (Wildman–Crippen LogP) is 3.57. The van der Waals surface area contributed by atoms with E-state index in [1.165, 1.54) is 38.5 Å². The van der Waals surface area contributed by atoms with Crippen molar-refractivity contribution in [3.05, 3.63) is 34.9 Å². The second-order valence-electron chi connectivity index (χ2n) is 5.83. The van der Waals surface area contributed by atoms with Crippen LogP contribution in [0.5, 0.6) is 0 Å². The zero-order chi connectivity index (χ0) is 16.4. The summed E-state index contributed by atoms with van der Waals surface area (Å²) in [7, 11) is 0. The zero-order valence-corrected chi connectivity index (χ0v) is 13.6. The lowest BCUT2D eigenvalue weighted by Gasteiger charge is -2.08. The van der Waals surface area contributed by atoms with Crippen molar-refractivity contribution in [3.63, 3.8) is 0 Å². The van der Waals surface area contributed by atoms with Crippen LogP contribution in [-0.2, 0) is 6.42 Å². The molecule has 0 unspecified atom stereocenters. The maximum absolute atomic E-state index is 11.4. The van der Waals surface area contributed by atoms with Crippen molar-refractivity contribution in [1.82, 2.24) is 0 Å². The number of amides is 2. The van der Waals surface area contributed by atoms with E-state index < -0.39 is 11.8 Å². The Hall–Kier alpha value is -1.84. The Kier molecular flexibility index (Phi) is 8.26. The molecule has 0 heterocycles. The molecule has 1 rings (SSSR count). The van der Waals surface area contributed by atoms with Crippen LogP contribution in [0.2, 0.25) is 0 Å². The first-order chi connectivity index (χ1) is 10.6. The Labute approximate surface area is 133 Å². The molecular weight excluding hydrogens is 276 g/mol. The van der Waals surface area contributed by atoms with Gasteiger partial charge in [0.2, 0.25) is 11.8 Å². The van der Waals surface area contributed by atoms with Crippen molar-refractivity contribution < 1.29 is 9.59 Å². The van der Waals surface area contributed by atoms with Gasteiger partial charge in [-0.15, -0.1) is 0 Å². The van der Waals surface area contributed by atoms with Crippen molar-refractivity contribution in [2.75, 3.05) is 0 Å². The van der Waals surface area contributed by atoms with E-state index >= 15 is 0 Å². The molecule has 0 aliphatic heterocycles. The van der Waals surface area contributed by atoms with Gasteiger partial charge in [-0.2, -0.15) is 0 Å². The maximum atomic E-state index is 11.4. The van der Waals surface area contributed by atoms with E-state index in [-0.39, 0.29) is 0 Å². The fourth-order valence-corrected chi connectivity index (χ4v) is 2.64. The third-order valence-electron chi connectivity index (χ3n) is 3.95. The second kappa shape index (κ2) is 9.98. The van der Waals surface area contributed by atoms with Crippen LogP contribution in [0.3, 0.4) is 0 Å². The molecule has 0 radical (unpaired) electrons. The molecule has 0 fully saturated rings. The average molecular weight is 304 g/mol. The first-order valence-electron chi connectivity index (χ1n) is 8.28. The van der Waals surface area contributed by atoms with Crippen LogP contribution in [0.15, 0.2) is 18.2 Å². The molecule has 0 saturated heterocycles. The van der Waals surface area contributed by atoms with Gasteiger partial charge in [0.1, 0.15) is 0 Å². The molecule has 0 saturated carbocycles. The van der Waals surface area contributed by atoms with Crippen molar-refractivity contribution in [3.8, 4) is 0 Å². The molecule has 4 nitrogen and oxygen atoms in total. The summed E-state index contributed by atoms with van der Waals surface area (Å²) >= 11 is 0. The van der Waals surface area contributed by atoms with E-state index in [1.807, 2.05) is 0 Å². The van der Waals surface area contributed by atoms with E-state index in [0.29, 0.717) is 11.1 Å². The highest BCUT2D eigenvalue weighted by atomic mass is 16.1. The van der Waals surface area contributed by atoms with Crippen LogP contribution in [0.1, 0.15) is 84.6 Å². The van der Waals surface area contributed by atoms with Crippen LogP contribution >= 0.6 is 0 Å². The van der Waals surface area contributed by atoms with Crippen LogP contribution in [-0.4, -0.2) is 11.8 Å². The molecule has 4 N–H and O–H groups in total. The number of carbonyl (C=O) groups is 2. The number of nitrogens with two attached hydrogens (primary N) is 2. The smallest absolute Gasteiger partial charge is 0.248 e. The van der Waals surface area contributed by atoms with Gasteiger partial charge in [-0.25, -0.2) is 0 Å². The van der Waals surface area contributed by atoms with Crippen LogP contribution < -0.4 is 11.5 Å². The van der Waals surface area contributed by atoms with Crippen molar-refractivity contribution >= 4 is 11.8 Å². The predicted molar refractivity (Wildman–Crippen MR) is 89.8 cm³/mol. The van der Waals surface area contributed by atoms with E-state index in [2.05, 4.69) is 6.92 Å². The third-order valence-corrected chi connectivity index (χ3v) is 3.95. The van der Waals surface area contributed by atoms with Gasteiger partial charge in [0, 0.05) is 11.1 Å². The lowest BCUT2D eigenvalue weighted by atomic mass is 9.97. The molecule has 1 aromatic carbocycles. The van der Waals surface area contributed by atoms with Gasteiger partial charge >= 0.3 is 0 Å². The van der Waals surface area contributed by atoms with Gasteiger partial charge in [0.05, 0.1) is 0 Å². The fourth-order valence-electron chi connectivity index (χ4n) is 2.64. The summed E-state index contributed by atoms with van der Waals surface area (Å²) in [4.78, 5) is 22.7. The van der Waals surface area contributed by atoms with Gasteiger partial charge in [-0.3, -0.25) is 9.59 Å². The van der Waals surface area contributed by atoms with E-state index in [4.69, 9.17) is 11.5 Å². The SMILES string of the molecule is CCCCCCCCCCc1cc(C(N)=O)ccc1C(N)=O. The number of primary amides is 2. The topological polar surface area (TPSA) is 86.2 Å². The molecular formula is C18H28N2O2. The minimum absolute atomic E-state index is 0.430. The van der Waals surface area contributed by atoms with Gasteiger partial charge in [0.15, 0.2) is 0 Å². The van der Waals surface area contributed by atoms with Crippen molar-refractivity contribution in [1.29, 1.82) is 0 Å². The average Bonchev–Trinajstić information content (AvgIpc) is 2.49. The standard InChI is InChI=1S/C18H28N2O2/c1-2-3-4-5-6-7-8-9-10-14-13-15(17(19)21)11-12-16(14)18(20)22/h11-13H,2-10H2,1H3,(H2,19,21)(H2,20,22). The molecule has 0 aromatic heterocycles. The first kappa shape index (κ1) is 18.2. The first-order valence-corrected chi connectivity index (χ1v) is 8.28. The molecule has 122 valence electrons. The molecule has 0 bridgehead atoms. The number of hydrogen-bond acceptors (Lipinski definition) is 2. The molecule has 0 spiro atoms. The summed E-state index contributed by atoms with van der Waals surface area (Å²) in [5.41, 5.74) is 12.4.